The number of hydrogen-bond donors (Lipinski definition) is 2. The third-order valence-electron chi connectivity index (χ3n) is 4.98. The van der Waals surface area contributed by atoms with E-state index in [2.05, 4.69) is 53.4 Å². The summed E-state index contributed by atoms with van der Waals surface area (Å²) < 4.78 is 5.77. The van der Waals surface area contributed by atoms with E-state index in [9.17, 15) is 0 Å². The van der Waals surface area contributed by atoms with Gasteiger partial charge in [0.2, 0.25) is 0 Å². The lowest BCUT2D eigenvalue weighted by molar-refractivity contribution is 0.167. The van der Waals surface area contributed by atoms with Gasteiger partial charge < -0.3 is 20.3 Å². The van der Waals surface area contributed by atoms with Gasteiger partial charge in [-0.1, -0.05) is 17.7 Å². The average molecular weight is 361 g/mol. The van der Waals surface area contributed by atoms with Gasteiger partial charge in [0.25, 0.3) is 0 Å². The van der Waals surface area contributed by atoms with E-state index >= 15 is 0 Å². The van der Waals surface area contributed by atoms with Gasteiger partial charge in [-0.05, 0) is 58.6 Å². The molecule has 1 heterocycles. The lowest BCUT2D eigenvalue weighted by atomic mass is 10.0. The van der Waals surface area contributed by atoms with Crippen LogP contribution in [0.2, 0.25) is 0 Å². The second kappa shape index (κ2) is 11.1. The van der Waals surface area contributed by atoms with Crippen molar-refractivity contribution < 1.29 is 4.74 Å². The molecule has 1 aromatic rings. The minimum Gasteiger partial charge on any atom is -0.494 e. The molecule has 1 saturated heterocycles. The van der Waals surface area contributed by atoms with E-state index in [0.717, 1.165) is 37.7 Å². The van der Waals surface area contributed by atoms with E-state index in [1.165, 1.54) is 31.5 Å². The first-order chi connectivity index (χ1) is 12.6. The van der Waals surface area contributed by atoms with Crippen molar-refractivity contribution in [3.8, 4) is 5.75 Å². The summed E-state index contributed by atoms with van der Waals surface area (Å²) in [6.45, 7) is 10.6. The number of piperidine rings is 1. The fourth-order valence-electron chi connectivity index (χ4n) is 3.21. The van der Waals surface area contributed by atoms with Crippen molar-refractivity contribution in [1.82, 2.24) is 15.5 Å². The van der Waals surface area contributed by atoms with E-state index in [-0.39, 0.29) is 0 Å². The number of nitrogens with one attached hydrogen (secondary N) is 2. The van der Waals surface area contributed by atoms with Crippen molar-refractivity contribution in [3.05, 3.63) is 29.8 Å². The van der Waals surface area contributed by atoms with Crippen molar-refractivity contribution in [2.24, 2.45) is 4.99 Å². The molecule has 146 valence electrons. The number of nitrogens with zero attached hydrogens (tertiary/aromatic N) is 2. The van der Waals surface area contributed by atoms with Crippen molar-refractivity contribution >= 4 is 5.96 Å². The zero-order valence-corrected chi connectivity index (χ0v) is 16.9. The molecule has 0 radical (unpaired) electrons. The van der Waals surface area contributed by atoms with Gasteiger partial charge in [-0.15, -0.1) is 0 Å². The standard InChI is InChI=1S/C21H36N4O/c1-17(2)25-14-11-19(12-15-25)24-21(22-4)23-13-5-6-16-26-20-9-7-18(3)8-10-20/h7-10,17,19H,5-6,11-16H2,1-4H3,(H2,22,23,24). The van der Waals surface area contributed by atoms with Gasteiger partial charge in [0, 0.05) is 38.8 Å². The fourth-order valence-corrected chi connectivity index (χ4v) is 3.21. The van der Waals surface area contributed by atoms with E-state index < -0.39 is 0 Å². The third-order valence-corrected chi connectivity index (χ3v) is 4.98. The Morgan fingerprint density at radius 1 is 1.19 bits per heavy atom. The molecule has 5 heteroatoms. The molecule has 0 spiro atoms. The summed E-state index contributed by atoms with van der Waals surface area (Å²) in [7, 11) is 1.85. The molecule has 1 aliphatic rings. The monoisotopic (exact) mass is 360 g/mol. The molecule has 0 aliphatic carbocycles. The summed E-state index contributed by atoms with van der Waals surface area (Å²) in [5, 5.41) is 6.99. The molecule has 0 saturated carbocycles. The second-order valence-corrected chi connectivity index (χ2v) is 7.42. The van der Waals surface area contributed by atoms with Crippen molar-refractivity contribution in [1.29, 1.82) is 0 Å². The zero-order valence-electron chi connectivity index (χ0n) is 16.9. The summed E-state index contributed by atoms with van der Waals surface area (Å²) in [6, 6.07) is 9.40. The first-order valence-electron chi connectivity index (χ1n) is 9.99. The van der Waals surface area contributed by atoms with Crippen molar-refractivity contribution in [3.63, 3.8) is 0 Å². The van der Waals surface area contributed by atoms with Gasteiger partial charge in [0.1, 0.15) is 5.75 Å². The lowest BCUT2D eigenvalue weighted by Crippen LogP contribution is -2.50. The second-order valence-electron chi connectivity index (χ2n) is 7.42. The van der Waals surface area contributed by atoms with Gasteiger partial charge in [0.05, 0.1) is 6.61 Å². The molecule has 0 aromatic heterocycles. The van der Waals surface area contributed by atoms with E-state index in [1.54, 1.807) is 0 Å². The smallest absolute Gasteiger partial charge is 0.191 e. The normalized spacial score (nSPS) is 16.7. The number of hydrogen-bond acceptors (Lipinski definition) is 3. The van der Waals surface area contributed by atoms with Crippen LogP contribution in [0.5, 0.6) is 5.75 Å². The maximum atomic E-state index is 5.77. The summed E-state index contributed by atoms with van der Waals surface area (Å²) in [5.74, 6) is 1.88. The van der Waals surface area contributed by atoms with Crippen LogP contribution in [-0.2, 0) is 0 Å². The van der Waals surface area contributed by atoms with Crippen LogP contribution in [0.3, 0.4) is 0 Å². The third kappa shape index (κ3) is 7.24. The Kier molecular flexibility index (Phi) is 8.75. The molecular weight excluding hydrogens is 324 g/mol. The lowest BCUT2D eigenvalue weighted by Gasteiger charge is -2.35. The predicted octanol–water partition coefficient (Wildman–Crippen LogP) is 3.19. The molecule has 0 amide bonds. The van der Waals surface area contributed by atoms with Crippen LogP contribution in [-0.4, -0.2) is 56.2 Å². The highest BCUT2D eigenvalue weighted by Crippen LogP contribution is 2.13. The quantitative estimate of drug-likeness (QED) is 0.425. The highest BCUT2D eigenvalue weighted by molar-refractivity contribution is 5.79. The first kappa shape index (κ1) is 20.6. The number of unbranched alkanes of at least 4 members (excludes halogenated alkanes) is 1. The molecule has 0 bridgehead atoms. The topological polar surface area (TPSA) is 48.9 Å². The number of rotatable bonds is 8. The van der Waals surface area contributed by atoms with Crippen molar-refractivity contribution in [2.75, 3.05) is 33.3 Å². The van der Waals surface area contributed by atoms with Crippen molar-refractivity contribution in [2.45, 2.75) is 58.5 Å². The van der Waals surface area contributed by atoms with Crippen LogP contribution in [0, 0.1) is 6.92 Å². The minimum atomic E-state index is 0.529. The van der Waals surface area contributed by atoms with Crippen LogP contribution in [0.15, 0.2) is 29.3 Å². The highest BCUT2D eigenvalue weighted by atomic mass is 16.5. The molecule has 2 rings (SSSR count). The van der Waals surface area contributed by atoms with Gasteiger partial charge in [0.15, 0.2) is 5.96 Å². The molecule has 0 unspecified atom stereocenters. The van der Waals surface area contributed by atoms with Crippen LogP contribution in [0.25, 0.3) is 0 Å². The van der Waals surface area contributed by atoms with Gasteiger partial charge in [-0.25, -0.2) is 0 Å². The Morgan fingerprint density at radius 3 is 2.50 bits per heavy atom. The number of aryl methyl sites for hydroxylation is 1. The molecule has 1 fully saturated rings. The number of aliphatic imine (C=N–C) groups is 1. The SMILES string of the molecule is CN=C(NCCCCOc1ccc(C)cc1)NC1CCN(C(C)C)CC1. The Labute approximate surface area is 159 Å². The van der Waals surface area contributed by atoms with Crippen LogP contribution in [0.4, 0.5) is 0 Å². The van der Waals surface area contributed by atoms with Crippen LogP contribution < -0.4 is 15.4 Å². The molecule has 1 aliphatic heterocycles. The molecule has 1 aromatic carbocycles. The number of ether oxygens (including phenoxy) is 1. The summed E-state index contributed by atoms with van der Waals surface area (Å²) >= 11 is 0. The Bertz CT molecular complexity index is 533. The molecule has 26 heavy (non-hydrogen) atoms. The van der Waals surface area contributed by atoms with E-state index in [1.807, 2.05) is 19.2 Å². The van der Waals surface area contributed by atoms with Gasteiger partial charge in [-0.2, -0.15) is 0 Å². The molecular formula is C21H36N4O. The van der Waals surface area contributed by atoms with Gasteiger partial charge >= 0.3 is 0 Å². The maximum absolute atomic E-state index is 5.77. The average Bonchev–Trinajstić information content (AvgIpc) is 2.65. The van der Waals surface area contributed by atoms with E-state index in [0.29, 0.717) is 12.1 Å². The van der Waals surface area contributed by atoms with Crippen LogP contribution in [0.1, 0.15) is 45.1 Å². The summed E-state index contributed by atoms with van der Waals surface area (Å²) in [5.41, 5.74) is 1.26. The molecule has 2 N–H and O–H groups in total. The Hall–Kier alpha value is -1.75. The molecule has 0 atom stereocenters. The number of likely N-dealkylation sites (tertiary alicyclic amines) is 1. The molecule has 5 nitrogen and oxygen atoms in total. The predicted molar refractivity (Wildman–Crippen MR) is 110 cm³/mol. The minimum absolute atomic E-state index is 0.529. The number of benzene rings is 1. The zero-order chi connectivity index (χ0) is 18.8. The van der Waals surface area contributed by atoms with Crippen LogP contribution >= 0.6 is 0 Å². The van der Waals surface area contributed by atoms with Gasteiger partial charge in [-0.3, -0.25) is 4.99 Å². The van der Waals surface area contributed by atoms with E-state index in [4.69, 9.17) is 4.74 Å². The fraction of sp³-hybridized carbons (Fsp3) is 0.667. The first-order valence-corrected chi connectivity index (χ1v) is 9.99. The maximum Gasteiger partial charge on any atom is 0.191 e. The summed E-state index contributed by atoms with van der Waals surface area (Å²) in [4.78, 5) is 6.90. The Balaban J connectivity index is 1.55. The number of guanidine groups is 1. The largest absolute Gasteiger partial charge is 0.494 e. The Morgan fingerprint density at radius 2 is 1.88 bits per heavy atom. The highest BCUT2D eigenvalue weighted by Gasteiger charge is 2.21. The summed E-state index contributed by atoms with van der Waals surface area (Å²) in [6.07, 6.45) is 4.47.